The lowest BCUT2D eigenvalue weighted by Crippen LogP contribution is -2.33. The first-order valence-corrected chi connectivity index (χ1v) is 5.51. The maximum absolute atomic E-state index is 5.96. The first kappa shape index (κ1) is 10.8. The van der Waals surface area contributed by atoms with Crippen LogP contribution in [-0.4, -0.2) is 41.0 Å². The van der Waals surface area contributed by atoms with Gasteiger partial charge in [-0.3, -0.25) is 9.88 Å². The fourth-order valence-electron chi connectivity index (χ4n) is 1.84. The first-order valence-electron chi connectivity index (χ1n) is 5.13. The van der Waals surface area contributed by atoms with Crippen LogP contribution in [0.1, 0.15) is 12.1 Å². The van der Waals surface area contributed by atoms with Crippen LogP contribution < -0.4 is 5.32 Å². The monoisotopic (exact) mass is 226 g/mol. The summed E-state index contributed by atoms with van der Waals surface area (Å²) in [6.07, 6.45) is 4.49. The SMILES string of the molecule is CN(Cc1nccnc1Cl)[C@@H]1CCNC1. The van der Waals surface area contributed by atoms with Gasteiger partial charge in [-0.05, 0) is 20.0 Å². The van der Waals surface area contributed by atoms with Crippen molar-refractivity contribution in [3.63, 3.8) is 0 Å². The lowest BCUT2D eigenvalue weighted by Gasteiger charge is -2.22. The van der Waals surface area contributed by atoms with Crippen molar-refractivity contribution in [1.82, 2.24) is 20.2 Å². The van der Waals surface area contributed by atoms with Crippen molar-refractivity contribution < 1.29 is 0 Å². The summed E-state index contributed by atoms with van der Waals surface area (Å²) >= 11 is 5.96. The van der Waals surface area contributed by atoms with Crippen LogP contribution >= 0.6 is 11.6 Å². The molecule has 1 aromatic rings. The van der Waals surface area contributed by atoms with Crippen molar-refractivity contribution in [3.05, 3.63) is 23.2 Å². The van der Waals surface area contributed by atoms with Crippen molar-refractivity contribution >= 4 is 11.6 Å². The van der Waals surface area contributed by atoms with E-state index in [0.29, 0.717) is 11.2 Å². The summed E-state index contributed by atoms with van der Waals surface area (Å²) in [5.74, 6) is 0. The average molecular weight is 227 g/mol. The van der Waals surface area contributed by atoms with Gasteiger partial charge in [-0.2, -0.15) is 0 Å². The van der Waals surface area contributed by atoms with Crippen LogP contribution in [0.5, 0.6) is 0 Å². The number of aromatic nitrogens is 2. The summed E-state index contributed by atoms with van der Waals surface area (Å²) in [6, 6.07) is 0.586. The molecule has 2 heterocycles. The molecule has 2 rings (SSSR count). The molecule has 5 heteroatoms. The molecule has 0 amide bonds. The number of nitrogens with zero attached hydrogens (tertiary/aromatic N) is 3. The third-order valence-corrected chi connectivity index (χ3v) is 3.10. The minimum absolute atomic E-state index is 0.510. The normalized spacial score (nSPS) is 21.1. The van der Waals surface area contributed by atoms with Gasteiger partial charge in [-0.25, -0.2) is 4.98 Å². The van der Waals surface area contributed by atoms with Crippen LogP contribution in [0.25, 0.3) is 0 Å². The van der Waals surface area contributed by atoms with Gasteiger partial charge < -0.3 is 5.32 Å². The Morgan fingerprint density at radius 1 is 1.53 bits per heavy atom. The number of hydrogen-bond acceptors (Lipinski definition) is 4. The van der Waals surface area contributed by atoms with Crippen LogP contribution in [0.4, 0.5) is 0 Å². The van der Waals surface area contributed by atoms with Gasteiger partial charge in [0.25, 0.3) is 0 Å². The van der Waals surface area contributed by atoms with Gasteiger partial charge in [0, 0.05) is 31.5 Å². The predicted octanol–water partition coefficient (Wildman–Crippen LogP) is 0.924. The number of rotatable bonds is 3. The van der Waals surface area contributed by atoms with Gasteiger partial charge in [0.15, 0.2) is 5.15 Å². The molecule has 1 aliphatic rings. The fraction of sp³-hybridized carbons (Fsp3) is 0.600. The Bertz CT molecular complexity index is 325. The van der Waals surface area contributed by atoms with Crippen molar-refractivity contribution in [1.29, 1.82) is 0 Å². The number of hydrogen-bond donors (Lipinski definition) is 1. The second kappa shape index (κ2) is 4.88. The molecule has 0 radical (unpaired) electrons. The second-order valence-electron chi connectivity index (χ2n) is 3.86. The van der Waals surface area contributed by atoms with Crippen molar-refractivity contribution in [3.8, 4) is 0 Å². The molecule has 1 N–H and O–H groups in total. The van der Waals surface area contributed by atoms with Crippen molar-refractivity contribution in [2.75, 3.05) is 20.1 Å². The van der Waals surface area contributed by atoms with E-state index in [1.165, 1.54) is 6.42 Å². The van der Waals surface area contributed by atoms with Crippen LogP contribution in [0.15, 0.2) is 12.4 Å². The quantitative estimate of drug-likeness (QED) is 0.833. The predicted molar refractivity (Wildman–Crippen MR) is 59.8 cm³/mol. The van der Waals surface area contributed by atoms with Crippen molar-refractivity contribution in [2.24, 2.45) is 0 Å². The van der Waals surface area contributed by atoms with E-state index < -0.39 is 0 Å². The minimum atomic E-state index is 0.510. The Labute approximate surface area is 94.7 Å². The Morgan fingerprint density at radius 3 is 3.00 bits per heavy atom. The van der Waals surface area contributed by atoms with Crippen LogP contribution in [0.2, 0.25) is 5.15 Å². The average Bonchev–Trinajstić information content (AvgIpc) is 2.74. The smallest absolute Gasteiger partial charge is 0.151 e. The Hall–Kier alpha value is -0.710. The first-order chi connectivity index (χ1) is 7.27. The van der Waals surface area contributed by atoms with Gasteiger partial charge in [0.05, 0.1) is 5.69 Å². The van der Waals surface area contributed by atoms with E-state index >= 15 is 0 Å². The zero-order valence-corrected chi connectivity index (χ0v) is 9.54. The molecule has 1 atom stereocenters. The molecule has 1 aromatic heterocycles. The lowest BCUT2D eigenvalue weighted by atomic mass is 10.2. The Morgan fingerprint density at radius 2 is 2.33 bits per heavy atom. The summed E-state index contributed by atoms with van der Waals surface area (Å²) < 4.78 is 0. The molecule has 0 aromatic carbocycles. The van der Waals surface area contributed by atoms with Gasteiger partial charge >= 0.3 is 0 Å². The molecular weight excluding hydrogens is 212 g/mol. The summed E-state index contributed by atoms with van der Waals surface area (Å²) in [7, 11) is 2.10. The third-order valence-electron chi connectivity index (χ3n) is 2.78. The molecule has 0 unspecified atom stereocenters. The summed E-state index contributed by atoms with van der Waals surface area (Å²) in [6.45, 7) is 2.91. The molecule has 82 valence electrons. The van der Waals surface area contributed by atoms with E-state index in [2.05, 4.69) is 27.2 Å². The molecule has 15 heavy (non-hydrogen) atoms. The largest absolute Gasteiger partial charge is 0.315 e. The standard InChI is InChI=1S/C10H15ClN4/c1-15(8-2-3-12-6-8)7-9-10(11)14-5-4-13-9/h4-5,8,12H,2-3,6-7H2,1H3/t8-/m1/s1. The zero-order valence-electron chi connectivity index (χ0n) is 8.78. The zero-order chi connectivity index (χ0) is 10.7. The van der Waals surface area contributed by atoms with Gasteiger partial charge in [0.1, 0.15) is 0 Å². The molecule has 1 fully saturated rings. The third kappa shape index (κ3) is 2.65. The lowest BCUT2D eigenvalue weighted by molar-refractivity contribution is 0.246. The second-order valence-corrected chi connectivity index (χ2v) is 4.21. The number of halogens is 1. The van der Waals surface area contributed by atoms with E-state index in [-0.39, 0.29) is 0 Å². The molecule has 0 saturated carbocycles. The van der Waals surface area contributed by atoms with E-state index in [1.807, 2.05) is 0 Å². The Balaban J connectivity index is 1.99. The van der Waals surface area contributed by atoms with Crippen molar-refractivity contribution in [2.45, 2.75) is 19.0 Å². The highest BCUT2D eigenvalue weighted by molar-refractivity contribution is 6.29. The van der Waals surface area contributed by atoms with E-state index in [1.54, 1.807) is 12.4 Å². The van der Waals surface area contributed by atoms with Gasteiger partial charge in [-0.1, -0.05) is 11.6 Å². The highest BCUT2D eigenvalue weighted by Crippen LogP contribution is 2.14. The highest BCUT2D eigenvalue weighted by Gasteiger charge is 2.20. The number of likely N-dealkylation sites (N-methyl/N-ethyl adjacent to an activating group) is 1. The fourth-order valence-corrected chi connectivity index (χ4v) is 2.00. The molecule has 1 saturated heterocycles. The van der Waals surface area contributed by atoms with E-state index in [9.17, 15) is 0 Å². The topological polar surface area (TPSA) is 41.1 Å². The summed E-state index contributed by atoms with van der Waals surface area (Å²) in [4.78, 5) is 10.5. The van der Waals surface area contributed by atoms with Crippen LogP contribution in [-0.2, 0) is 6.54 Å². The van der Waals surface area contributed by atoms with Gasteiger partial charge in [0.2, 0.25) is 0 Å². The van der Waals surface area contributed by atoms with E-state index in [0.717, 1.165) is 25.3 Å². The Kier molecular flexibility index (Phi) is 3.51. The van der Waals surface area contributed by atoms with Crippen LogP contribution in [0.3, 0.4) is 0 Å². The number of nitrogens with one attached hydrogen (secondary N) is 1. The molecule has 0 bridgehead atoms. The van der Waals surface area contributed by atoms with E-state index in [4.69, 9.17) is 11.6 Å². The summed E-state index contributed by atoms with van der Waals surface area (Å²) in [5.41, 5.74) is 0.855. The van der Waals surface area contributed by atoms with Gasteiger partial charge in [-0.15, -0.1) is 0 Å². The highest BCUT2D eigenvalue weighted by atomic mass is 35.5. The van der Waals surface area contributed by atoms with Crippen LogP contribution in [0, 0.1) is 0 Å². The molecule has 1 aliphatic heterocycles. The maximum atomic E-state index is 5.96. The molecule has 0 aliphatic carbocycles. The molecule has 0 spiro atoms. The summed E-state index contributed by atoms with van der Waals surface area (Å²) in [5, 5.41) is 3.85. The molecule has 4 nitrogen and oxygen atoms in total. The minimum Gasteiger partial charge on any atom is -0.315 e. The molecular formula is C10H15ClN4. The maximum Gasteiger partial charge on any atom is 0.151 e.